The van der Waals surface area contributed by atoms with Gasteiger partial charge in [0.2, 0.25) is 0 Å². The molecule has 1 N–H and O–H groups in total. The number of aliphatic hydroxyl groups excluding tert-OH is 1. The van der Waals surface area contributed by atoms with E-state index < -0.39 is 0 Å². The zero-order valence-corrected chi connectivity index (χ0v) is 85.8. The molecule has 704 valence electrons. The number of methoxy groups -OCH3 is 4. The Morgan fingerprint density at radius 1 is 0.289 bits per heavy atom. The predicted molar refractivity (Wildman–Crippen MR) is 528 cm³/mol. The van der Waals surface area contributed by atoms with E-state index in [1.807, 2.05) is 57.2 Å². The van der Waals surface area contributed by atoms with Crippen molar-refractivity contribution in [1.29, 1.82) is 0 Å². The number of rotatable bonds is 52. The maximum Gasteiger partial charge on any atom is 0.308 e. The molecule has 0 heterocycles. The topological polar surface area (TPSA) is 162 Å². The van der Waals surface area contributed by atoms with Crippen LogP contribution in [0.15, 0.2) is 175 Å². The summed E-state index contributed by atoms with van der Waals surface area (Å²) in [6, 6.07) is 0. The van der Waals surface area contributed by atoms with Crippen molar-refractivity contribution in [1.82, 2.24) is 0 Å². The maximum atomic E-state index is 11.2. The van der Waals surface area contributed by atoms with Crippen LogP contribution in [-0.2, 0) is 57.1 Å². The van der Waals surface area contributed by atoms with E-state index in [2.05, 4.69) is 249 Å². The van der Waals surface area contributed by atoms with Crippen molar-refractivity contribution in [2.75, 3.05) is 61.5 Å². The summed E-state index contributed by atoms with van der Waals surface area (Å²) in [5, 5.41) is 8.55. The zero-order chi connectivity index (χ0) is 94.5. The van der Waals surface area contributed by atoms with Gasteiger partial charge < -0.3 is 43.0 Å². The molecule has 0 aromatic rings. The summed E-state index contributed by atoms with van der Waals surface area (Å²) in [4.78, 5) is 43.4. The molecule has 0 saturated heterocycles. The first kappa shape index (κ1) is 130. The standard InChI is InChI=1S/C22H42O2.2C14H24O2.C12H22O2.C12H20O2.2C12H22O.C10H18O/c1-18(2)10-7-11-19(3)12-8-13-20(4)14-9-15-21(5)16-17-24-22(6)23;1-11(2)7-6-8-13(5)9-10-16-14(15)12(3)4;1-5-7-14(15)16-11-10-13(4)9-6-8-12(2)3;1-10(2)7-6-8-11(3)9-12(13-4)14-5;1-10(2)6-5-7-11(3)8-9-14-12(4)13;2*1-10(2)7-6-8-11(3)9-12(4)13-5;1-9(2)5-4-6-10(3)7-8-11/h16,18-20H,7-15,17H2,1-6H3;7,9,12H,6,8,10H2,1-5H3;8,10H,5-7,9,11H2,1-4H3;7,9,12H,6,8H2,1-5H3;6,8H,5,7,9H2,1-4H3;2*7,9,12H,6,8H2,1-5H3;5,7,11H,4,6,8H2,1-3H3/b21-16+;13-9-;13-10-;11-9+;11-8-;2*11-9-;10-7-/t19-,20-;;;;;;;/m1......./s1. The van der Waals surface area contributed by atoms with Crippen molar-refractivity contribution in [3.63, 3.8) is 0 Å². The maximum absolute atomic E-state index is 11.2. The van der Waals surface area contributed by atoms with Gasteiger partial charge in [-0.05, 0) is 323 Å². The third-order valence-corrected chi connectivity index (χ3v) is 18.6. The highest BCUT2D eigenvalue weighted by molar-refractivity contribution is 5.71. The molecule has 0 radical (unpaired) electrons. The van der Waals surface area contributed by atoms with Gasteiger partial charge in [-0.3, -0.25) is 19.2 Å². The normalized spacial score (nSPS) is 12.6. The summed E-state index contributed by atoms with van der Waals surface area (Å²) in [7, 11) is 6.77. The fraction of sp³-hybridized carbons (Fsp3) is 0.685. The van der Waals surface area contributed by atoms with Crippen LogP contribution in [0.25, 0.3) is 0 Å². The molecular weight excluding hydrogens is 1510 g/mol. The van der Waals surface area contributed by atoms with E-state index in [4.69, 9.17) is 43.0 Å². The molecule has 4 atom stereocenters. The molecule has 13 heteroatoms. The first-order chi connectivity index (χ1) is 56.7. The molecule has 0 bridgehead atoms. The molecule has 2 unspecified atom stereocenters. The molecule has 0 aliphatic carbocycles. The lowest BCUT2D eigenvalue weighted by atomic mass is 9.91. The van der Waals surface area contributed by atoms with Crippen molar-refractivity contribution in [2.45, 2.75) is 408 Å². The quantitative estimate of drug-likeness (QED) is 0.0265. The Kier molecular flexibility index (Phi) is 100. The van der Waals surface area contributed by atoms with Crippen LogP contribution in [-0.4, -0.2) is 109 Å². The molecule has 0 aliphatic rings. The zero-order valence-electron chi connectivity index (χ0n) is 85.8. The average Bonchev–Trinajstić information content (AvgIpc) is 1.11. The van der Waals surface area contributed by atoms with Crippen LogP contribution in [0, 0.1) is 23.7 Å². The second-order valence-electron chi connectivity index (χ2n) is 35.1. The largest absolute Gasteiger partial charge is 0.462 e. The molecule has 0 fully saturated rings. The average molecular weight is 1700 g/mol. The molecule has 0 aliphatic heterocycles. The van der Waals surface area contributed by atoms with Gasteiger partial charge in [0.05, 0.1) is 24.7 Å². The molecule has 0 rings (SSSR count). The Balaban J connectivity index is -0.000000203. The van der Waals surface area contributed by atoms with Gasteiger partial charge in [0, 0.05) is 48.7 Å². The second-order valence-corrected chi connectivity index (χ2v) is 35.1. The van der Waals surface area contributed by atoms with Crippen LogP contribution in [0.4, 0.5) is 0 Å². The summed E-state index contributed by atoms with van der Waals surface area (Å²) in [5.41, 5.74) is 20.1. The fourth-order valence-electron chi connectivity index (χ4n) is 10.7. The third-order valence-electron chi connectivity index (χ3n) is 18.6. The SMILES string of the molecule is CC(=O)OC/C=C(/C)CCC=C(C)C.CC(=O)OC/C=C(\C)CCC[C@H](C)CCC[C@H](C)CCCC(C)C.CC(C)=CCC/C(C)=C\CO.CC(C)=CCC/C(C)=C\COC(=O)C(C)C.CCCC(=O)OC/C=C(/C)CCC=C(C)C.COC(/C=C(\C)CCC=C(C)C)OC.COC(C)/C=C(/C)CCC=C(C)C.COC(C)/C=C(/C)CCC=C(C)C. The summed E-state index contributed by atoms with van der Waals surface area (Å²) >= 11 is 0. The Labute approximate surface area is 749 Å². The van der Waals surface area contributed by atoms with Gasteiger partial charge in [0.15, 0.2) is 6.29 Å². The monoisotopic (exact) mass is 1700 g/mol. The minimum Gasteiger partial charge on any atom is -0.462 e. The van der Waals surface area contributed by atoms with Crippen molar-refractivity contribution < 1.29 is 62.2 Å². The fourth-order valence-corrected chi connectivity index (χ4v) is 10.7. The highest BCUT2D eigenvalue weighted by Crippen LogP contribution is 2.23. The molecule has 0 spiro atoms. The number of aliphatic hydroxyl groups is 1. The van der Waals surface area contributed by atoms with E-state index in [-0.39, 0.29) is 54.9 Å². The van der Waals surface area contributed by atoms with Crippen molar-refractivity contribution in [3.8, 4) is 0 Å². The first-order valence-corrected chi connectivity index (χ1v) is 45.7. The van der Waals surface area contributed by atoms with Crippen LogP contribution in [0.2, 0.25) is 0 Å². The Hall–Kier alpha value is -6.22. The lowest BCUT2D eigenvalue weighted by molar-refractivity contribution is -0.146. The summed E-state index contributed by atoms with van der Waals surface area (Å²) in [5.74, 6) is 1.87. The van der Waals surface area contributed by atoms with Crippen LogP contribution in [0.1, 0.15) is 389 Å². The molecular formula is C108H194O13. The van der Waals surface area contributed by atoms with Crippen LogP contribution in [0.5, 0.6) is 0 Å². The van der Waals surface area contributed by atoms with Gasteiger partial charge in [-0.15, -0.1) is 0 Å². The Bertz CT molecular complexity index is 2990. The first-order valence-electron chi connectivity index (χ1n) is 45.7. The van der Waals surface area contributed by atoms with Crippen LogP contribution in [0.3, 0.4) is 0 Å². The van der Waals surface area contributed by atoms with E-state index in [1.165, 1.54) is 149 Å². The van der Waals surface area contributed by atoms with Crippen molar-refractivity contribution in [2.24, 2.45) is 23.7 Å². The van der Waals surface area contributed by atoms with Gasteiger partial charge in [0.1, 0.15) is 26.4 Å². The van der Waals surface area contributed by atoms with Gasteiger partial charge in [-0.1, -0.05) is 238 Å². The summed E-state index contributed by atoms with van der Waals surface area (Å²) in [6.07, 6.45) is 60.6. The highest BCUT2D eigenvalue weighted by Gasteiger charge is 2.09. The van der Waals surface area contributed by atoms with Crippen molar-refractivity contribution >= 4 is 23.9 Å². The minimum absolute atomic E-state index is 0.0422. The Morgan fingerprint density at radius 3 is 0.818 bits per heavy atom. The van der Waals surface area contributed by atoms with Gasteiger partial charge >= 0.3 is 23.9 Å². The number of hydrogen-bond donors (Lipinski definition) is 1. The van der Waals surface area contributed by atoms with Gasteiger partial charge in [-0.25, -0.2) is 0 Å². The number of esters is 4. The number of carbonyl (C=O) groups excluding carboxylic acids is 4. The predicted octanol–water partition coefficient (Wildman–Crippen LogP) is 31.5. The van der Waals surface area contributed by atoms with Crippen molar-refractivity contribution in [3.05, 3.63) is 175 Å². The number of hydrogen-bond acceptors (Lipinski definition) is 13. The van der Waals surface area contributed by atoms with E-state index in [1.54, 1.807) is 28.4 Å². The third kappa shape index (κ3) is 122. The second kappa shape index (κ2) is 92.9. The molecule has 0 aromatic heterocycles. The van der Waals surface area contributed by atoms with Gasteiger partial charge in [0.25, 0.3) is 0 Å². The minimum atomic E-state index is -0.224. The lowest BCUT2D eigenvalue weighted by Gasteiger charge is -2.15. The van der Waals surface area contributed by atoms with E-state index in [0.29, 0.717) is 32.8 Å². The smallest absolute Gasteiger partial charge is 0.308 e. The molecule has 121 heavy (non-hydrogen) atoms. The summed E-state index contributed by atoms with van der Waals surface area (Å²) in [6.45, 7) is 70.3. The van der Waals surface area contributed by atoms with E-state index >= 15 is 0 Å². The van der Waals surface area contributed by atoms with Crippen LogP contribution >= 0.6 is 0 Å². The summed E-state index contributed by atoms with van der Waals surface area (Å²) < 4.78 is 40.4. The molecule has 0 amide bonds. The number of carbonyl (C=O) groups is 4. The molecule has 0 aromatic carbocycles. The van der Waals surface area contributed by atoms with Gasteiger partial charge in [-0.2, -0.15) is 0 Å². The Morgan fingerprint density at radius 2 is 0.554 bits per heavy atom. The number of ether oxygens (including phenoxy) is 8. The highest BCUT2D eigenvalue weighted by atomic mass is 16.7. The molecule has 13 nitrogen and oxygen atoms in total. The van der Waals surface area contributed by atoms with E-state index in [0.717, 1.165) is 120 Å². The van der Waals surface area contributed by atoms with E-state index in [9.17, 15) is 19.2 Å². The number of allylic oxidation sites excluding steroid dienone is 22. The molecule has 0 saturated carbocycles. The van der Waals surface area contributed by atoms with Crippen LogP contribution < -0.4 is 0 Å². The lowest BCUT2D eigenvalue weighted by Crippen LogP contribution is -2.11.